The topological polar surface area (TPSA) is 90.8 Å². The molecule has 0 radical (unpaired) electrons. The highest BCUT2D eigenvalue weighted by Gasteiger charge is 2.29. The molecule has 2 unspecified atom stereocenters. The first-order chi connectivity index (χ1) is 11.5. The van der Waals surface area contributed by atoms with E-state index in [0.717, 1.165) is 25.7 Å². The van der Waals surface area contributed by atoms with Crippen LogP contribution in [-0.2, 0) is 4.79 Å². The van der Waals surface area contributed by atoms with E-state index in [2.05, 4.69) is 10.6 Å². The number of carbonyl (C=O) groups is 1. The van der Waals surface area contributed by atoms with Crippen molar-refractivity contribution in [3.8, 4) is 5.75 Å². The van der Waals surface area contributed by atoms with Gasteiger partial charge in [-0.1, -0.05) is 31.4 Å². The van der Waals surface area contributed by atoms with E-state index in [1.54, 1.807) is 31.4 Å². The van der Waals surface area contributed by atoms with Crippen molar-refractivity contribution in [2.75, 3.05) is 7.11 Å². The fourth-order valence-electron chi connectivity index (χ4n) is 2.88. The number of hydrogen-bond acceptors (Lipinski definition) is 4. The van der Waals surface area contributed by atoms with Gasteiger partial charge in [0.15, 0.2) is 11.2 Å². The molecule has 1 aromatic rings. The third-order valence-corrected chi connectivity index (χ3v) is 4.50. The monoisotopic (exact) mass is 352 g/mol. The fourth-order valence-corrected chi connectivity index (χ4v) is 3.18. The number of aliphatic hydroxyl groups excluding tert-OH is 1. The number of rotatable bonds is 6. The summed E-state index contributed by atoms with van der Waals surface area (Å²) in [7, 11) is 1.54. The zero-order chi connectivity index (χ0) is 17.5. The van der Waals surface area contributed by atoms with Gasteiger partial charge >= 0.3 is 5.97 Å². The highest BCUT2D eigenvalue weighted by Crippen LogP contribution is 2.21. The van der Waals surface area contributed by atoms with E-state index < -0.39 is 18.1 Å². The molecule has 0 amide bonds. The number of aliphatic hydroxyl groups is 1. The summed E-state index contributed by atoms with van der Waals surface area (Å²) in [6, 6.07) is 5.68. The Morgan fingerprint density at radius 2 is 1.88 bits per heavy atom. The molecule has 1 aliphatic carbocycles. The largest absolute Gasteiger partial charge is 0.497 e. The fraction of sp³-hybridized carbons (Fsp3) is 0.529. The Morgan fingerprint density at radius 1 is 1.25 bits per heavy atom. The smallest absolute Gasteiger partial charge is 0.329 e. The standard InChI is InChI=1S/C17H24N2O4S/c1-23-13-9-7-11(8-10-13)15(20)14(16(21)22)19-17(24)18-12-5-3-2-4-6-12/h7-10,12,14-15,20H,2-6H2,1H3,(H,21,22)(H2,18,19,24). The minimum absolute atomic E-state index is 0.266. The van der Waals surface area contributed by atoms with Crippen molar-refractivity contribution in [2.24, 2.45) is 0 Å². The molecule has 0 spiro atoms. The Balaban J connectivity index is 1.99. The van der Waals surface area contributed by atoms with Gasteiger partial charge in [0.25, 0.3) is 0 Å². The van der Waals surface area contributed by atoms with Gasteiger partial charge in [-0.05, 0) is 42.8 Å². The average Bonchev–Trinajstić information content (AvgIpc) is 2.60. The Hall–Kier alpha value is -1.86. The van der Waals surface area contributed by atoms with Crippen LogP contribution in [0.25, 0.3) is 0 Å². The van der Waals surface area contributed by atoms with Crippen LogP contribution >= 0.6 is 12.2 Å². The summed E-state index contributed by atoms with van der Waals surface area (Å²) in [6.07, 6.45) is 4.36. The lowest BCUT2D eigenvalue weighted by molar-refractivity contribution is -0.142. The van der Waals surface area contributed by atoms with Crippen LogP contribution in [0.4, 0.5) is 0 Å². The van der Waals surface area contributed by atoms with Gasteiger partial charge < -0.3 is 25.6 Å². The van der Waals surface area contributed by atoms with Gasteiger partial charge in [0, 0.05) is 6.04 Å². The normalized spacial score (nSPS) is 17.6. The van der Waals surface area contributed by atoms with E-state index in [1.165, 1.54) is 6.42 Å². The summed E-state index contributed by atoms with van der Waals surface area (Å²) in [5.74, 6) is -0.522. The summed E-state index contributed by atoms with van der Waals surface area (Å²) in [5.41, 5.74) is 0.483. The maximum absolute atomic E-state index is 11.5. The quantitative estimate of drug-likeness (QED) is 0.582. The van der Waals surface area contributed by atoms with Crippen LogP contribution < -0.4 is 15.4 Å². The third kappa shape index (κ3) is 5.07. The van der Waals surface area contributed by atoms with E-state index in [0.29, 0.717) is 11.3 Å². The molecule has 0 saturated heterocycles. The lowest BCUT2D eigenvalue weighted by atomic mass is 9.96. The van der Waals surface area contributed by atoms with Crippen molar-refractivity contribution in [3.05, 3.63) is 29.8 Å². The van der Waals surface area contributed by atoms with E-state index in [-0.39, 0.29) is 11.2 Å². The van der Waals surface area contributed by atoms with Crippen LogP contribution in [-0.4, -0.2) is 40.5 Å². The van der Waals surface area contributed by atoms with E-state index in [9.17, 15) is 15.0 Å². The van der Waals surface area contributed by atoms with Crippen LogP contribution in [0.3, 0.4) is 0 Å². The molecule has 0 heterocycles. The maximum atomic E-state index is 11.5. The first-order valence-electron chi connectivity index (χ1n) is 8.13. The molecule has 7 heteroatoms. The average molecular weight is 352 g/mol. The highest BCUT2D eigenvalue weighted by atomic mass is 32.1. The van der Waals surface area contributed by atoms with Gasteiger partial charge in [-0.25, -0.2) is 4.79 Å². The zero-order valence-corrected chi connectivity index (χ0v) is 14.5. The van der Waals surface area contributed by atoms with Gasteiger partial charge in [-0.3, -0.25) is 0 Å². The second kappa shape index (κ2) is 8.84. The Labute approximate surface area is 147 Å². The van der Waals surface area contributed by atoms with Gasteiger partial charge in [0.1, 0.15) is 11.9 Å². The van der Waals surface area contributed by atoms with Gasteiger partial charge in [-0.15, -0.1) is 0 Å². The number of nitrogens with one attached hydrogen (secondary N) is 2. The summed E-state index contributed by atoms with van der Waals surface area (Å²) < 4.78 is 5.06. The second-order valence-electron chi connectivity index (χ2n) is 5.99. The maximum Gasteiger partial charge on any atom is 0.329 e. The minimum atomic E-state index is -1.22. The van der Waals surface area contributed by atoms with Gasteiger partial charge in [-0.2, -0.15) is 0 Å². The zero-order valence-electron chi connectivity index (χ0n) is 13.7. The number of thiocarbonyl (C=S) groups is 1. The molecular formula is C17H24N2O4S. The summed E-state index contributed by atoms with van der Waals surface area (Å²) in [4.78, 5) is 11.5. The van der Waals surface area contributed by atoms with Crippen molar-refractivity contribution in [1.29, 1.82) is 0 Å². The van der Waals surface area contributed by atoms with Crippen molar-refractivity contribution < 1.29 is 19.7 Å². The molecule has 6 nitrogen and oxygen atoms in total. The Bertz CT molecular complexity index is 558. The number of carboxylic acid groups (broad SMARTS) is 1. The van der Waals surface area contributed by atoms with Crippen LogP contribution in [0, 0.1) is 0 Å². The lowest BCUT2D eigenvalue weighted by Gasteiger charge is -2.27. The number of ether oxygens (including phenoxy) is 1. The summed E-state index contributed by atoms with van der Waals surface area (Å²) in [6.45, 7) is 0. The number of benzene rings is 1. The van der Waals surface area contributed by atoms with Crippen molar-refractivity contribution in [3.63, 3.8) is 0 Å². The number of hydrogen-bond donors (Lipinski definition) is 4. The van der Waals surface area contributed by atoms with E-state index in [4.69, 9.17) is 17.0 Å². The number of methoxy groups -OCH3 is 1. The molecule has 1 fully saturated rings. The van der Waals surface area contributed by atoms with Crippen LogP contribution in [0.2, 0.25) is 0 Å². The highest BCUT2D eigenvalue weighted by molar-refractivity contribution is 7.80. The molecule has 2 atom stereocenters. The molecule has 2 rings (SSSR count). The van der Waals surface area contributed by atoms with Gasteiger partial charge in [0.05, 0.1) is 7.11 Å². The van der Waals surface area contributed by atoms with E-state index in [1.807, 2.05) is 0 Å². The van der Waals surface area contributed by atoms with Crippen molar-refractivity contribution in [2.45, 2.75) is 50.3 Å². The lowest BCUT2D eigenvalue weighted by Crippen LogP contribution is -2.51. The molecule has 0 aliphatic heterocycles. The number of carboxylic acids is 1. The van der Waals surface area contributed by atoms with Crippen LogP contribution in [0.1, 0.15) is 43.8 Å². The van der Waals surface area contributed by atoms with Crippen LogP contribution in [0.15, 0.2) is 24.3 Å². The molecule has 132 valence electrons. The molecule has 1 saturated carbocycles. The third-order valence-electron chi connectivity index (χ3n) is 4.27. The molecule has 24 heavy (non-hydrogen) atoms. The summed E-state index contributed by atoms with van der Waals surface area (Å²) in [5, 5.41) is 26.0. The molecule has 4 N–H and O–H groups in total. The number of aliphatic carboxylic acids is 1. The van der Waals surface area contributed by atoms with Crippen molar-refractivity contribution in [1.82, 2.24) is 10.6 Å². The molecular weight excluding hydrogens is 328 g/mol. The predicted molar refractivity (Wildman–Crippen MR) is 95.1 cm³/mol. The predicted octanol–water partition coefficient (Wildman–Crippen LogP) is 1.98. The molecule has 1 aliphatic rings. The molecule has 0 bridgehead atoms. The Morgan fingerprint density at radius 3 is 2.42 bits per heavy atom. The molecule has 1 aromatic carbocycles. The first kappa shape index (κ1) is 18.5. The Kier molecular flexibility index (Phi) is 6.81. The summed E-state index contributed by atoms with van der Waals surface area (Å²) >= 11 is 5.22. The van der Waals surface area contributed by atoms with Crippen molar-refractivity contribution >= 4 is 23.3 Å². The molecule has 0 aromatic heterocycles. The minimum Gasteiger partial charge on any atom is -0.497 e. The van der Waals surface area contributed by atoms with Crippen LogP contribution in [0.5, 0.6) is 5.75 Å². The van der Waals surface area contributed by atoms with E-state index >= 15 is 0 Å². The second-order valence-corrected chi connectivity index (χ2v) is 6.39. The first-order valence-corrected chi connectivity index (χ1v) is 8.54. The SMILES string of the molecule is COc1ccc(C(O)C(NC(=S)NC2CCCCC2)C(=O)O)cc1. The van der Waals surface area contributed by atoms with Gasteiger partial charge in [0.2, 0.25) is 0 Å².